The zero-order valence-electron chi connectivity index (χ0n) is 10.7. The molecule has 3 N–H and O–H groups in total. The van der Waals surface area contributed by atoms with E-state index in [-0.39, 0.29) is 11.6 Å². The minimum absolute atomic E-state index is 0.0288. The Labute approximate surface area is 99.4 Å². The van der Waals surface area contributed by atoms with Gasteiger partial charge in [0.25, 0.3) is 0 Å². The van der Waals surface area contributed by atoms with E-state index in [1.54, 1.807) is 0 Å². The Balaban J connectivity index is 2.61. The van der Waals surface area contributed by atoms with Gasteiger partial charge in [-0.15, -0.1) is 6.58 Å². The minimum atomic E-state index is -0.0288. The van der Waals surface area contributed by atoms with E-state index in [1.807, 2.05) is 0 Å². The Kier molecular flexibility index (Phi) is 5.46. The molecule has 3 heteroatoms. The van der Waals surface area contributed by atoms with Crippen molar-refractivity contribution in [3.05, 3.63) is 12.2 Å². The zero-order valence-corrected chi connectivity index (χ0v) is 10.7. The van der Waals surface area contributed by atoms with Crippen LogP contribution in [0.2, 0.25) is 0 Å². The lowest BCUT2D eigenvalue weighted by atomic mass is 9.88. The first kappa shape index (κ1) is 13.7. The summed E-state index contributed by atoms with van der Waals surface area (Å²) in [6.45, 7) is 8.84. The van der Waals surface area contributed by atoms with Crippen molar-refractivity contribution >= 4 is 0 Å². The Morgan fingerprint density at radius 1 is 1.50 bits per heavy atom. The van der Waals surface area contributed by atoms with Crippen LogP contribution in [0.5, 0.6) is 0 Å². The lowest BCUT2D eigenvalue weighted by Gasteiger charge is -2.37. The second-order valence-corrected chi connectivity index (χ2v) is 4.92. The first-order chi connectivity index (χ1) is 7.64. The predicted molar refractivity (Wildman–Crippen MR) is 68.0 cm³/mol. The summed E-state index contributed by atoms with van der Waals surface area (Å²) in [5, 5.41) is 0. The lowest BCUT2D eigenvalue weighted by molar-refractivity contribution is -0.0631. The van der Waals surface area contributed by atoms with Crippen molar-refractivity contribution in [2.75, 3.05) is 6.61 Å². The van der Waals surface area contributed by atoms with Crippen LogP contribution in [0.1, 0.15) is 52.4 Å². The predicted octanol–water partition coefficient (Wildman–Crippen LogP) is 2.52. The number of hydrogen-bond acceptors (Lipinski definition) is 3. The van der Waals surface area contributed by atoms with Crippen molar-refractivity contribution in [2.24, 2.45) is 5.84 Å². The average molecular weight is 226 g/mol. The van der Waals surface area contributed by atoms with Gasteiger partial charge in [0.2, 0.25) is 0 Å². The van der Waals surface area contributed by atoms with Crippen molar-refractivity contribution in [1.82, 2.24) is 5.43 Å². The standard InChI is InChI=1S/C13H26N2O/c1-4-16-13(9-5-6-10-13)12(15-14)8-7-11(2)3/h12,15H,2,4-10,14H2,1,3H3. The van der Waals surface area contributed by atoms with Crippen molar-refractivity contribution in [3.8, 4) is 0 Å². The van der Waals surface area contributed by atoms with Gasteiger partial charge in [-0.3, -0.25) is 11.3 Å². The maximum Gasteiger partial charge on any atom is 0.0848 e. The van der Waals surface area contributed by atoms with Gasteiger partial charge in [0.05, 0.1) is 11.6 Å². The molecule has 0 saturated heterocycles. The molecule has 0 amide bonds. The summed E-state index contributed by atoms with van der Waals surface area (Å²) in [7, 11) is 0. The van der Waals surface area contributed by atoms with Crippen molar-refractivity contribution in [2.45, 2.75) is 64.0 Å². The van der Waals surface area contributed by atoms with Gasteiger partial charge in [0.15, 0.2) is 0 Å². The van der Waals surface area contributed by atoms with Gasteiger partial charge in [-0.2, -0.15) is 0 Å². The second-order valence-electron chi connectivity index (χ2n) is 4.92. The van der Waals surface area contributed by atoms with E-state index < -0.39 is 0 Å². The summed E-state index contributed by atoms with van der Waals surface area (Å²) in [4.78, 5) is 0. The molecule has 1 rings (SSSR count). The highest BCUT2D eigenvalue weighted by Crippen LogP contribution is 2.37. The van der Waals surface area contributed by atoms with Gasteiger partial charge >= 0.3 is 0 Å². The number of ether oxygens (including phenoxy) is 1. The largest absolute Gasteiger partial charge is 0.374 e. The third-order valence-electron chi connectivity index (χ3n) is 3.58. The molecule has 94 valence electrons. The summed E-state index contributed by atoms with van der Waals surface area (Å²) in [5.74, 6) is 5.69. The first-order valence-electron chi connectivity index (χ1n) is 6.39. The fraction of sp³-hybridized carbons (Fsp3) is 0.846. The van der Waals surface area contributed by atoms with Gasteiger partial charge in [-0.1, -0.05) is 18.4 Å². The summed E-state index contributed by atoms with van der Waals surface area (Å²) >= 11 is 0. The van der Waals surface area contributed by atoms with E-state index >= 15 is 0 Å². The lowest BCUT2D eigenvalue weighted by Crippen LogP contribution is -2.53. The molecular weight excluding hydrogens is 200 g/mol. The van der Waals surface area contributed by atoms with Crippen LogP contribution in [0.4, 0.5) is 0 Å². The summed E-state index contributed by atoms with van der Waals surface area (Å²) < 4.78 is 6.00. The maximum atomic E-state index is 6.00. The number of hydrogen-bond donors (Lipinski definition) is 2. The summed E-state index contributed by atoms with van der Waals surface area (Å²) in [6.07, 6.45) is 6.81. The van der Waals surface area contributed by atoms with Gasteiger partial charge < -0.3 is 4.74 Å². The Bertz CT molecular complexity index is 222. The molecule has 1 saturated carbocycles. The Hall–Kier alpha value is -0.380. The third-order valence-corrected chi connectivity index (χ3v) is 3.58. The monoisotopic (exact) mass is 226 g/mol. The molecule has 0 heterocycles. The zero-order chi connectivity index (χ0) is 12.0. The number of hydrazine groups is 1. The van der Waals surface area contributed by atoms with E-state index in [9.17, 15) is 0 Å². The van der Waals surface area contributed by atoms with Crippen LogP contribution in [-0.2, 0) is 4.74 Å². The van der Waals surface area contributed by atoms with E-state index in [4.69, 9.17) is 10.6 Å². The fourth-order valence-electron chi connectivity index (χ4n) is 2.74. The molecule has 0 aromatic carbocycles. The van der Waals surface area contributed by atoms with E-state index in [2.05, 4.69) is 25.9 Å². The smallest absolute Gasteiger partial charge is 0.0848 e. The average Bonchev–Trinajstić information content (AvgIpc) is 2.68. The van der Waals surface area contributed by atoms with E-state index in [0.29, 0.717) is 0 Å². The Morgan fingerprint density at radius 3 is 2.56 bits per heavy atom. The van der Waals surface area contributed by atoms with Crippen molar-refractivity contribution in [3.63, 3.8) is 0 Å². The molecule has 0 aromatic heterocycles. The molecule has 1 aliphatic rings. The number of rotatable bonds is 7. The van der Waals surface area contributed by atoms with Crippen LogP contribution in [0.3, 0.4) is 0 Å². The topological polar surface area (TPSA) is 47.3 Å². The fourth-order valence-corrected chi connectivity index (χ4v) is 2.74. The number of allylic oxidation sites excluding steroid dienone is 1. The van der Waals surface area contributed by atoms with Crippen LogP contribution in [0.15, 0.2) is 12.2 Å². The molecule has 0 spiro atoms. The van der Waals surface area contributed by atoms with Crippen molar-refractivity contribution in [1.29, 1.82) is 0 Å². The molecule has 0 bridgehead atoms. The first-order valence-corrected chi connectivity index (χ1v) is 6.39. The van der Waals surface area contributed by atoms with Gasteiger partial charge in [-0.05, 0) is 39.5 Å². The Morgan fingerprint density at radius 2 is 2.12 bits per heavy atom. The molecule has 1 aliphatic carbocycles. The normalized spacial score (nSPS) is 20.9. The highest BCUT2D eigenvalue weighted by atomic mass is 16.5. The minimum Gasteiger partial charge on any atom is -0.374 e. The molecule has 0 aliphatic heterocycles. The van der Waals surface area contributed by atoms with Crippen LogP contribution >= 0.6 is 0 Å². The van der Waals surface area contributed by atoms with E-state index in [1.165, 1.54) is 18.4 Å². The molecule has 16 heavy (non-hydrogen) atoms. The second kappa shape index (κ2) is 6.38. The molecule has 1 fully saturated rings. The van der Waals surface area contributed by atoms with Crippen molar-refractivity contribution < 1.29 is 4.74 Å². The maximum absolute atomic E-state index is 6.00. The van der Waals surface area contributed by atoms with Crippen LogP contribution < -0.4 is 11.3 Å². The summed E-state index contributed by atoms with van der Waals surface area (Å²) in [6, 6.07) is 0.256. The molecule has 3 nitrogen and oxygen atoms in total. The molecule has 0 aromatic rings. The highest BCUT2D eigenvalue weighted by molar-refractivity contribution is 4.99. The molecule has 0 radical (unpaired) electrons. The van der Waals surface area contributed by atoms with Crippen LogP contribution in [0.25, 0.3) is 0 Å². The SMILES string of the molecule is C=C(C)CCC(NN)C1(OCC)CCCC1. The van der Waals surface area contributed by atoms with Crippen LogP contribution in [0, 0.1) is 0 Å². The van der Waals surface area contributed by atoms with E-state index in [0.717, 1.165) is 32.3 Å². The third kappa shape index (κ3) is 3.30. The van der Waals surface area contributed by atoms with Crippen LogP contribution in [-0.4, -0.2) is 18.2 Å². The summed E-state index contributed by atoms with van der Waals surface area (Å²) in [5.41, 5.74) is 4.14. The van der Waals surface area contributed by atoms with Gasteiger partial charge in [0.1, 0.15) is 0 Å². The number of nitrogens with two attached hydrogens (primary N) is 1. The molecule has 1 unspecified atom stereocenters. The van der Waals surface area contributed by atoms with Gasteiger partial charge in [-0.25, -0.2) is 0 Å². The highest BCUT2D eigenvalue weighted by Gasteiger charge is 2.41. The van der Waals surface area contributed by atoms with Gasteiger partial charge in [0, 0.05) is 6.61 Å². The quantitative estimate of drug-likeness (QED) is 0.398. The molecule has 1 atom stereocenters. The number of nitrogens with one attached hydrogen (secondary N) is 1. The molecular formula is C13H26N2O.